The predicted molar refractivity (Wildman–Crippen MR) is 185 cm³/mol. The standard InChI is InChI=1S/C42H26S/c1-2-12-27(13-3-1)28-14-10-15-29(26-28)40-31-17-4-6-19-33(31)41(34-20-7-5-18-32(34)40)37-25-24-36-30-16-8-9-22-38(30)43-39-23-11-21-35(37)42(36)39/h1-26H/i1D,2D,3D,4D,5D,6D,7D,8D,9D,10D,11D,12D,13D,14D,15D,16D,17D,18D,19D,20D,21D,23D,24D,25D,26D. The molecule has 1 heterocycles. The topological polar surface area (TPSA) is 0 Å². The molecule has 0 bridgehead atoms. The number of rotatable bonds is 3. The van der Waals surface area contributed by atoms with E-state index in [0.29, 0.717) is 0 Å². The van der Waals surface area contributed by atoms with Crippen molar-refractivity contribution in [3.05, 3.63) is 157 Å². The second-order valence-electron chi connectivity index (χ2n) is 9.33. The summed E-state index contributed by atoms with van der Waals surface area (Å²) in [6, 6.07) is -20.0. The molecule has 0 radical (unpaired) electrons. The first-order chi connectivity index (χ1) is 31.7. The van der Waals surface area contributed by atoms with Crippen LogP contribution in [0.1, 0.15) is 34.3 Å². The van der Waals surface area contributed by atoms with Crippen molar-refractivity contribution in [1.82, 2.24) is 0 Å². The van der Waals surface area contributed by atoms with Gasteiger partial charge in [-0.3, -0.25) is 0 Å². The molecule has 1 aliphatic heterocycles. The molecule has 0 spiro atoms. The van der Waals surface area contributed by atoms with Crippen molar-refractivity contribution in [2.24, 2.45) is 0 Å². The van der Waals surface area contributed by atoms with Crippen molar-refractivity contribution in [3.63, 3.8) is 0 Å². The van der Waals surface area contributed by atoms with Crippen LogP contribution in [0.15, 0.2) is 167 Å². The summed E-state index contributed by atoms with van der Waals surface area (Å²) in [7, 11) is 0. The van der Waals surface area contributed by atoms with Gasteiger partial charge in [0.25, 0.3) is 0 Å². The third kappa shape index (κ3) is 3.79. The van der Waals surface area contributed by atoms with Crippen LogP contribution in [0, 0.1) is 0 Å². The Morgan fingerprint density at radius 1 is 0.372 bits per heavy atom. The van der Waals surface area contributed by atoms with Gasteiger partial charge in [0.05, 0.1) is 34.3 Å². The van der Waals surface area contributed by atoms with Crippen LogP contribution in [0.4, 0.5) is 0 Å². The van der Waals surface area contributed by atoms with E-state index < -0.39 is 205 Å². The molecule has 1 aliphatic rings. The molecule has 0 fully saturated rings. The highest BCUT2D eigenvalue weighted by Crippen LogP contribution is 2.51. The number of hydrogen-bond donors (Lipinski definition) is 0. The molecule has 0 atom stereocenters. The van der Waals surface area contributed by atoms with E-state index in [4.69, 9.17) is 21.9 Å². The van der Waals surface area contributed by atoms with Gasteiger partial charge in [-0.15, -0.1) is 0 Å². The van der Waals surface area contributed by atoms with Crippen molar-refractivity contribution in [2.75, 3.05) is 0 Å². The number of hydrogen-bond acceptors (Lipinski definition) is 1. The van der Waals surface area contributed by atoms with Crippen LogP contribution in [-0.4, -0.2) is 0 Å². The number of fused-ring (bicyclic) bond motifs is 4. The fourth-order valence-electron chi connectivity index (χ4n) is 5.32. The smallest absolute Gasteiger partial charge is 0.0636 e. The van der Waals surface area contributed by atoms with Gasteiger partial charge < -0.3 is 0 Å². The van der Waals surface area contributed by atoms with Crippen LogP contribution in [-0.2, 0) is 0 Å². The second-order valence-corrected chi connectivity index (χ2v) is 10.4. The van der Waals surface area contributed by atoms with E-state index in [2.05, 4.69) is 0 Å². The first kappa shape index (κ1) is 10.3. The van der Waals surface area contributed by atoms with Gasteiger partial charge >= 0.3 is 0 Å². The van der Waals surface area contributed by atoms with E-state index in [1.54, 1.807) is 0 Å². The van der Waals surface area contributed by atoms with Crippen LogP contribution in [0.2, 0.25) is 0 Å². The molecule has 0 aliphatic carbocycles. The first-order valence-electron chi connectivity index (χ1n) is 25.2. The summed E-state index contributed by atoms with van der Waals surface area (Å²) in [6.45, 7) is 0. The monoisotopic (exact) mass is 587 g/mol. The summed E-state index contributed by atoms with van der Waals surface area (Å²) < 4.78 is 224. The maximum Gasteiger partial charge on any atom is 0.0636 e. The zero-order valence-corrected chi connectivity index (χ0v) is 22.3. The van der Waals surface area contributed by atoms with Gasteiger partial charge in [-0.1, -0.05) is 151 Å². The van der Waals surface area contributed by atoms with Crippen LogP contribution in [0.3, 0.4) is 0 Å². The van der Waals surface area contributed by atoms with E-state index in [1.807, 2.05) is 0 Å². The average molecular weight is 588 g/mol. The third-order valence-electron chi connectivity index (χ3n) is 7.07. The zero-order valence-electron chi connectivity index (χ0n) is 46.5. The van der Waals surface area contributed by atoms with Gasteiger partial charge in [-0.25, -0.2) is 0 Å². The summed E-state index contributed by atoms with van der Waals surface area (Å²) in [5.41, 5.74) is -4.66. The molecule has 0 saturated heterocycles. The number of benzene rings is 8. The molecule has 0 aromatic heterocycles. The molecular formula is C42H26S. The molecule has 43 heavy (non-hydrogen) atoms. The molecule has 8 aromatic carbocycles. The van der Waals surface area contributed by atoms with Gasteiger partial charge in [0, 0.05) is 15.2 Å². The maximum atomic E-state index is 9.72. The summed E-state index contributed by atoms with van der Waals surface area (Å²) in [6.07, 6.45) is 0. The normalized spacial score (nSPS) is 20.2. The minimum absolute atomic E-state index is 0.0971. The largest absolute Gasteiger partial charge is 0.0888 e. The lowest BCUT2D eigenvalue weighted by atomic mass is 9.83. The van der Waals surface area contributed by atoms with E-state index in [9.17, 15) is 12.3 Å². The molecule has 1 heteroatoms. The Morgan fingerprint density at radius 3 is 1.72 bits per heavy atom. The lowest BCUT2D eigenvalue weighted by Crippen LogP contribution is -1.95. The van der Waals surface area contributed by atoms with Crippen molar-refractivity contribution in [3.8, 4) is 44.5 Å². The van der Waals surface area contributed by atoms with Gasteiger partial charge in [0.1, 0.15) is 0 Å². The second kappa shape index (κ2) is 9.73. The van der Waals surface area contributed by atoms with E-state index in [-0.39, 0.29) is 32.3 Å². The van der Waals surface area contributed by atoms with Gasteiger partial charge in [0.15, 0.2) is 0 Å². The first-order valence-corrected chi connectivity index (χ1v) is 13.6. The minimum Gasteiger partial charge on any atom is -0.0888 e. The van der Waals surface area contributed by atoms with E-state index in [0.717, 1.165) is 11.8 Å². The van der Waals surface area contributed by atoms with Gasteiger partial charge in [-0.2, -0.15) is 0 Å². The van der Waals surface area contributed by atoms with Crippen molar-refractivity contribution in [2.45, 2.75) is 9.79 Å². The Kier molecular flexibility index (Phi) is 2.32. The molecule has 0 amide bonds. The molecule has 0 unspecified atom stereocenters. The highest BCUT2D eigenvalue weighted by Gasteiger charge is 2.23. The highest BCUT2D eigenvalue weighted by atomic mass is 32.2. The Morgan fingerprint density at radius 2 is 0.953 bits per heavy atom. The Hall–Kier alpha value is -5.11. The Balaban J connectivity index is 1.63. The molecule has 200 valence electrons. The zero-order chi connectivity index (χ0) is 50.1. The molecule has 0 saturated carbocycles. The van der Waals surface area contributed by atoms with E-state index in [1.165, 1.54) is 6.07 Å². The molecule has 0 nitrogen and oxygen atoms in total. The van der Waals surface area contributed by atoms with E-state index >= 15 is 0 Å². The molecule has 8 aromatic rings. The molecule has 9 rings (SSSR count). The Labute approximate surface area is 290 Å². The van der Waals surface area contributed by atoms with Crippen molar-refractivity contribution < 1.29 is 34.3 Å². The van der Waals surface area contributed by atoms with Crippen LogP contribution in [0.25, 0.3) is 76.8 Å². The van der Waals surface area contributed by atoms with Crippen LogP contribution in [0.5, 0.6) is 0 Å². The van der Waals surface area contributed by atoms with Gasteiger partial charge in [0.2, 0.25) is 0 Å². The van der Waals surface area contributed by atoms with Gasteiger partial charge in [-0.05, 0) is 89.6 Å². The maximum absolute atomic E-state index is 9.72. The van der Waals surface area contributed by atoms with Crippen LogP contribution >= 0.6 is 11.8 Å². The summed E-state index contributed by atoms with van der Waals surface area (Å²) in [5, 5.41) is -3.35. The predicted octanol–water partition coefficient (Wildman–Crippen LogP) is 12.3. The summed E-state index contributed by atoms with van der Waals surface area (Å²) in [5.74, 6) is 0. The quantitative estimate of drug-likeness (QED) is 0.185. The fraction of sp³-hybridized carbons (Fsp3) is 0. The summed E-state index contributed by atoms with van der Waals surface area (Å²) >= 11 is 0.779. The summed E-state index contributed by atoms with van der Waals surface area (Å²) in [4.78, 5) is 0.0209. The van der Waals surface area contributed by atoms with Crippen LogP contribution < -0.4 is 0 Å². The molecule has 0 N–H and O–H groups in total. The lowest BCUT2D eigenvalue weighted by molar-refractivity contribution is 1.40. The van der Waals surface area contributed by atoms with Crippen molar-refractivity contribution >= 4 is 44.1 Å². The highest BCUT2D eigenvalue weighted by molar-refractivity contribution is 7.99. The average Bonchev–Trinajstić information content (AvgIpc) is 3.31. The fourth-order valence-corrected chi connectivity index (χ4v) is 6.32. The lowest BCUT2D eigenvalue weighted by Gasteiger charge is -2.23. The SMILES string of the molecule is [2H]c1cc2c(c([2H])c1[2H])-c1c([2H])c([2H])c(-c3c4c([2H])c([2H])c([2H])c([2H])c4c(-c4c([2H])c([2H])c([2H])c(-c5c([2H])c([2H])c([2H])c([2H])c5[2H])c4[2H])c4c([2H])c([2H])c([2H])c([2H])c34)c3c([2H])c([2H])c([2H])c(c13)S2. The minimum atomic E-state index is -1.02. The molecular weight excluding hydrogens is 537 g/mol. The third-order valence-corrected chi connectivity index (χ3v) is 8.13. The Bertz CT molecular complexity index is 3660. The van der Waals surface area contributed by atoms with Crippen molar-refractivity contribution in [1.29, 1.82) is 0 Å².